The number of hydrogen-bond donors (Lipinski definition) is 2. The fourth-order valence-electron chi connectivity index (χ4n) is 0.253. The molecule has 0 unspecified atom stereocenters. The van der Waals surface area contributed by atoms with E-state index in [0.717, 1.165) is 0 Å². The first-order valence-corrected chi connectivity index (χ1v) is 4.19. The quantitative estimate of drug-likeness (QED) is 0.708. The van der Waals surface area contributed by atoms with Gasteiger partial charge in [0.1, 0.15) is 6.33 Å². The molecule has 0 amide bonds. The van der Waals surface area contributed by atoms with E-state index in [9.17, 15) is 26.3 Å². The topological polar surface area (TPSA) is 100 Å². The van der Waals surface area contributed by atoms with Crippen LogP contribution in [-0.2, 0) is 9.59 Å². The van der Waals surface area contributed by atoms with Gasteiger partial charge in [-0.05, 0) is 6.07 Å². The number of alkyl halides is 6. The summed E-state index contributed by atoms with van der Waals surface area (Å²) in [5, 5.41) is 14.2. The van der Waals surface area contributed by atoms with E-state index in [1.807, 2.05) is 0 Å². The first kappa shape index (κ1) is 19.9. The molecule has 0 aliphatic carbocycles. The average molecular weight is 308 g/mol. The van der Waals surface area contributed by atoms with Gasteiger partial charge < -0.3 is 10.2 Å². The normalized spacial score (nSPS) is 10.3. The zero-order chi connectivity index (χ0) is 16.4. The Labute approximate surface area is 106 Å². The third kappa shape index (κ3) is 13.7. The third-order valence-corrected chi connectivity index (χ3v) is 0.963. The van der Waals surface area contributed by atoms with Crippen LogP contribution < -0.4 is 0 Å². The van der Waals surface area contributed by atoms with Crippen LogP contribution in [0.2, 0.25) is 0 Å². The molecule has 6 nitrogen and oxygen atoms in total. The highest BCUT2D eigenvalue weighted by Gasteiger charge is 2.38. The Kier molecular flexibility index (Phi) is 8.63. The summed E-state index contributed by atoms with van der Waals surface area (Å²) in [4.78, 5) is 25.1. The summed E-state index contributed by atoms with van der Waals surface area (Å²) in [6.45, 7) is 0. The Morgan fingerprint density at radius 2 is 1.05 bits per heavy atom. The molecule has 12 heteroatoms. The van der Waals surface area contributed by atoms with Gasteiger partial charge in [0.05, 0.1) is 0 Å². The van der Waals surface area contributed by atoms with Gasteiger partial charge in [0.15, 0.2) is 0 Å². The molecule has 2 N–H and O–H groups in total. The summed E-state index contributed by atoms with van der Waals surface area (Å²) in [6, 6.07) is 1.78. The van der Waals surface area contributed by atoms with Gasteiger partial charge >= 0.3 is 24.3 Å². The standard InChI is InChI=1S/C4H4N2.2C2HF3O2/c1-2-5-4-6-3-1;2*3-2(4,5)1(6)7/h1-4H;2*(H,6,7). The van der Waals surface area contributed by atoms with Crippen LogP contribution >= 0.6 is 0 Å². The first-order chi connectivity index (χ1) is 8.89. The maximum Gasteiger partial charge on any atom is 0.490 e. The van der Waals surface area contributed by atoms with Crippen LogP contribution in [0.25, 0.3) is 0 Å². The maximum absolute atomic E-state index is 10.6. The minimum atomic E-state index is -5.08. The van der Waals surface area contributed by atoms with Crippen LogP contribution in [-0.4, -0.2) is 44.5 Å². The van der Waals surface area contributed by atoms with Crippen molar-refractivity contribution in [3.05, 3.63) is 24.8 Å². The van der Waals surface area contributed by atoms with Gasteiger partial charge in [-0.15, -0.1) is 0 Å². The Morgan fingerprint density at radius 1 is 0.800 bits per heavy atom. The van der Waals surface area contributed by atoms with E-state index in [0.29, 0.717) is 0 Å². The molecule has 0 saturated heterocycles. The molecule has 0 aromatic carbocycles. The highest BCUT2D eigenvalue weighted by Crippen LogP contribution is 2.13. The van der Waals surface area contributed by atoms with Crippen LogP contribution in [0.4, 0.5) is 26.3 Å². The highest BCUT2D eigenvalue weighted by atomic mass is 19.4. The smallest absolute Gasteiger partial charge is 0.475 e. The molecule has 0 aliphatic rings. The lowest BCUT2D eigenvalue weighted by Crippen LogP contribution is -2.21. The number of rotatable bonds is 0. The molecule has 1 aromatic heterocycles. The van der Waals surface area contributed by atoms with Crippen molar-refractivity contribution < 1.29 is 46.1 Å². The molecule has 1 aromatic rings. The van der Waals surface area contributed by atoms with Crippen molar-refractivity contribution in [2.24, 2.45) is 0 Å². The van der Waals surface area contributed by atoms with Crippen molar-refractivity contribution in [3.8, 4) is 0 Å². The summed E-state index contributed by atoms with van der Waals surface area (Å²) < 4.78 is 63.5. The van der Waals surface area contributed by atoms with Gasteiger partial charge in [0.2, 0.25) is 0 Å². The first-order valence-electron chi connectivity index (χ1n) is 4.19. The van der Waals surface area contributed by atoms with Crippen molar-refractivity contribution in [2.75, 3.05) is 0 Å². The summed E-state index contributed by atoms with van der Waals surface area (Å²) in [5.74, 6) is -5.51. The second kappa shape index (κ2) is 8.66. The van der Waals surface area contributed by atoms with Gasteiger partial charge in [-0.25, -0.2) is 19.6 Å². The molecule has 0 saturated carbocycles. The minimum Gasteiger partial charge on any atom is -0.475 e. The molecule has 0 bridgehead atoms. The number of aliphatic carboxylic acids is 2. The lowest BCUT2D eigenvalue weighted by atomic mass is 10.7. The minimum absolute atomic E-state index is 1.50. The fraction of sp³-hybridized carbons (Fsp3) is 0.250. The van der Waals surface area contributed by atoms with Crippen LogP contribution in [0.15, 0.2) is 24.8 Å². The van der Waals surface area contributed by atoms with E-state index in [4.69, 9.17) is 19.8 Å². The van der Waals surface area contributed by atoms with Crippen LogP contribution in [0.5, 0.6) is 0 Å². The van der Waals surface area contributed by atoms with E-state index in [1.165, 1.54) is 6.33 Å². The second-order valence-electron chi connectivity index (χ2n) is 2.51. The van der Waals surface area contributed by atoms with Crippen molar-refractivity contribution in [2.45, 2.75) is 12.4 Å². The molecule has 0 radical (unpaired) electrons. The van der Waals surface area contributed by atoms with Gasteiger partial charge in [-0.3, -0.25) is 0 Å². The zero-order valence-electron chi connectivity index (χ0n) is 9.18. The average Bonchev–Trinajstić information content (AvgIpc) is 2.30. The monoisotopic (exact) mass is 308 g/mol. The molecule has 1 rings (SSSR count). The summed E-state index contributed by atoms with van der Waals surface area (Å²) >= 11 is 0. The van der Waals surface area contributed by atoms with Gasteiger partial charge in [0, 0.05) is 12.4 Å². The predicted octanol–water partition coefficient (Wildman–Crippen LogP) is 1.74. The van der Waals surface area contributed by atoms with E-state index < -0.39 is 24.3 Å². The number of nitrogens with zero attached hydrogens (tertiary/aromatic N) is 2. The van der Waals surface area contributed by atoms with Gasteiger partial charge in [-0.1, -0.05) is 0 Å². The predicted molar refractivity (Wildman–Crippen MR) is 49.4 cm³/mol. The van der Waals surface area contributed by atoms with Crippen LogP contribution in [0.1, 0.15) is 0 Å². The molecular weight excluding hydrogens is 302 g/mol. The van der Waals surface area contributed by atoms with Crippen molar-refractivity contribution in [1.29, 1.82) is 0 Å². The highest BCUT2D eigenvalue weighted by molar-refractivity contribution is 5.73. The SMILES string of the molecule is O=C(O)C(F)(F)F.O=C(O)C(F)(F)F.c1cncnc1. The summed E-state index contributed by atoms with van der Waals surface area (Å²) in [7, 11) is 0. The molecule has 114 valence electrons. The van der Waals surface area contributed by atoms with Crippen LogP contribution in [0, 0.1) is 0 Å². The van der Waals surface area contributed by atoms with Gasteiger partial charge in [-0.2, -0.15) is 26.3 Å². The van der Waals surface area contributed by atoms with Crippen molar-refractivity contribution in [3.63, 3.8) is 0 Å². The third-order valence-electron chi connectivity index (χ3n) is 0.963. The fourth-order valence-corrected chi connectivity index (χ4v) is 0.253. The molecule has 0 atom stereocenters. The molecule has 0 spiro atoms. The number of carbonyl (C=O) groups is 2. The Morgan fingerprint density at radius 3 is 1.10 bits per heavy atom. The Hall–Kier alpha value is -2.40. The summed E-state index contributed by atoms with van der Waals surface area (Å²) in [5.41, 5.74) is 0. The summed E-state index contributed by atoms with van der Waals surface area (Å²) in [6.07, 6.45) is -5.29. The molecule has 0 fully saturated rings. The molecule has 0 aliphatic heterocycles. The Balaban J connectivity index is 0. The van der Waals surface area contributed by atoms with E-state index >= 15 is 0 Å². The number of aromatic nitrogens is 2. The number of halogens is 6. The van der Waals surface area contributed by atoms with Crippen LogP contribution in [0.3, 0.4) is 0 Å². The second-order valence-corrected chi connectivity index (χ2v) is 2.51. The van der Waals surface area contributed by atoms with Crippen molar-refractivity contribution >= 4 is 11.9 Å². The number of carboxylic acid groups (broad SMARTS) is 2. The van der Waals surface area contributed by atoms with E-state index in [1.54, 1.807) is 18.5 Å². The molecule has 1 heterocycles. The molecule has 20 heavy (non-hydrogen) atoms. The number of carboxylic acids is 2. The number of hydrogen-bond acceptors (Lipinski definition) is 4. The van der Waals surface area contributed by atoms with E-state index in [-0.39, 0.29) is 0 Å². The maximum atomic E-state index is 10.6. The Bertz CT molecular complexity index is 355. The zero-order valence-corrected chi connectivity index (χ0v) is 9.18. The lowest BCUT2D eigenvalue weighted by Gasteiger charge is -1.93. The van der Waals surface area contributed by atoms with Gasteiger partial charge in [0.25, 0.3) is 0 Å². The lowest BCUT2D eigenvalue weighted by molar-refractivity contribution is -0.193. The van der Waals surface area contributed by atoms with Crippen molar-refractivity contribution in [1.82, 2.24) is 9.97 Å². The largest absolute Gasteiger partial charge is 0.490 e. The van der Waals surface area contributed by atoms with E-state index in [2.05, 4.69) is 9.97 Å². The molecular formula is C8H6F6N2O4.